The van der Waals surface area contributed by atoms with Crippen molar-refractivity contribution in [1.82, 2.24) is 0 Å². The van der Waals surface area contributed by atoms with Crippen molar-refractivity contribution in [2.45, 2.75) is 6.42 Å². The number of halogens is 1. The Morgan fingerprint density at radius 3 is 2.33 bits per heavy atom. The van der Waals surface area contributed by atoms with E-state index >= 15 is 0 Å². The predicted octanol–water partition coefficient (Wildman–Crippen LogP) is 1.48. The molecule has 6 nitrogen and oxygen atoms in total. The highest BCUT2D eigenvalue weighted by Crippen LogP contribution is 2.48. The third-order valence-corrected chi connectivity index (χ3v) is 5.06. The van der Waals surface area contributed by atoms with Crippen molar-refractivity contribution in [2.24, 2.45) is 23.7 Å². The molecule has 128 valence electrons. The lowest BCUT2D eigenvalue weighted by molar-refractivity contribution is -0.313. The summed E-state index contributed by atoms with van der Waals surface area (Å²) in [5, 5.41) is 14.5. The number of fused-ring (bicyclic) bond motifs is 2. The zero-order chi connectivity index (χ0) is 17.4. The normalized spacial score (nSPS) is 27.1. The van der Waals surface area contributed by atoms with Crippen molar-refractivity contribution < 1.29 is 24.2 Å². The summed E-state index contributed by atoms with van der Waals surface area (Å²) in [6.07, 6.45) is 4.44. The Kier molecular flexibility index (Phi) is 4.41. The molecule has 0 saturated heterocycles. The van der Waals surface area contributed by atoms with E-state index < -0.39 is 17.8 Å². The quantitative estimate of drug-likeness (QED) is 0.813. The smallest absolute Gasteiger partial charge is 0.228 e. The fourth-order valence-corrected chi connectivity index (χ4v) is 3.91. The number of allylic oxidation sites excluding steroid dienone is 2. The van der Waals surface area contributed by atoms with Gasteiger partial charge in [0.25, 0.3) is 0 Å². The molecule has 0 heterocycles. The van der Waals surface area contributed by atoms with Crippen LogP contribution < -0.4 is 19.9 Å². The molecule has 2 bridgehead atoms. The van der Waals surface area contributed by atoms with Gasteiger partial charge in [-0.25, -0.2) is 0 Å². The number of ether oxygens (including phenoxy) is 2. The van der Waals surface area contributed by atoms with Crippen LogP contribution in [0.5, 0.6) is 11.5 Å². The van der Waals surface area contributed by atoms with E-state index in [0.29, 0.717) is 28.6 Å². The highest BCUT2D eigenvalue weighted by molar-refractivity contribution is 6.32. The molecule has 1 fully saturated rings. The lowest BCUT2D eigenvalue weighted by atomic mass is 9.82. The standard InChI is InChI=1S/C17H18ClNO5/c1-23-12-7-11(13(24-2)6-10(12)18)19-16(20)14-8-3-4-9(5-8)15(14)17(21)22/h3-4,6-9,14-15H,5H2,1-2H3,(H,19,20)(H,21,22)/p-1/t8-,9-,14+,15-/m0/s1. The fraction of sp³-hybridized carbons (Fsp3) is 0.412. The number of carbonyl (C=O) groups is 2. The van der Waals surface area contributed by atoms with Gasteiger partial charge in [-0.05, 0) is 18.3 Å². The van der Waals surface area contributed by atoms with Gasteiger partial charge in [0, 0.05) is 24.0 Å². The Balaban J connectivity index is 1.87. The monoisotopic (exact) mass is 350 g/mol. The summed E-state index contributed by atoms with van der Waals surface area (Å²) in [6, 6.07) is 3.09. The molecule has 2 aliphatic carbocycles. The number of benzene rings is 1. The van der Waals surface area contributed by atoms with Crippen LogP contribution in [0.15, 0.2) is 24.3 Å². The second kappa shape index (κ2) is 6.36. The molecule has 0 unspecified atom stereocenters. The van der Waals surface area contributed by atoms with Crippen molar-refractivity contribution >= 4 is 29.2 Å². The van der Waals surface area contributed by atoms with E-state index in [1.54, 1.807) is 6.07 Å². The number of hydrogen-bond acceptors (Lipinski definition) is 5. The van der Waals surface area contributed by atoms with E-state index in [9.17, 15) is 14.7 Å². The van der Waals surface area contributed by atoms with Crippen LogP contribution in [0, 0.1) is 23.7 Å². The van der Waals surface area contributed by atoms with Crippen LogP contribution in [0.2, 0.25) is 5.02 Å². The van der Waals surface area contributed by atoms with Gasteiger partial charge in [-0.2, -0.15) is 0 Å². The minimum Gasteiger partial charge on any atom is -0.550 e. The largest absolute Gasteiger partial charge is 0.550 e. The number of rotatable bonds is 5. The molecule has 1 amide bonds. The zero-order valence-electron chi connectivity index (χ0n) is 13.2. The molecule has 0 radical (unpaired) electrons. The first-order chi connectivity index (χ1) is 11.5. The molecular weight excluding hydrogens is 334 g/mol. The molecule has 0 spiro atoms. The van der Waals surface area contributed by atoms with Gasteiger partial charge in [0.1, 0.15) is 11.5 Å². The van der Waals surface area contributed by atoms with Crippen LogP contribution in [-0.4, -0.2) is 26.1 Å². The summed E-state index contributed by atoms with van der Waals surface area (Å²) in [4.78, 5) is 24.1. The first kappa shape index (κ1) is 16.6. The molecule has 1 saturated carbocycles. The van der Waals surface area contributed by atoms with E-state index in [4.69, 9.17) is 21.1 Å². The van der Waals surface area contributed by atoms with Crippen LogP contribution in [0.1, 0.15) is 6.42 Å². The maximum Gasteiger partial charge on any atom is 0.228 e. The van der Waals surface area contributed by atoms with Crippen molar-refractivity contribution in [3.8, 4) is 11.5 Å². The zero-order valence-corrected chi connectivity index (χ0v) is 14.0. The Bertz CT molecular complexity index is 717. The molecule has 1 aromatic carbocycles. The Hall–Kier alpha value is -2.21. The second-order valence-corrected chi connectivity index (χ2v) is 6.40. The first-order valence-corrected chi connectivity index (χ1v) is 7.95. The summed E-state index contributed by atoms with van der Waals surface area (Å²) in [5.74, 6) is -2.49. The number of anilines is 1. The Labute approximate surface area is 144 Å². The van der Waals surface area contributed by atoms with Gasteiger partial charge in [-0.1, -0.05) is 23.8 Å². The minimum absolute atomic E-state index is 0.0851. The van der Waals surface area contributed by atoms with Gasteiger partial charge in [-0.3, -0.25) is 4.79 Å². The number of aliphatic carboxylic acids is 1. The Morgan fingerprint density at radius 1 is 1.12 bits per heavy atom. The highest BCUT2D eigenvalue weighted by Gasteiger charge is 2.48. The number of nitrogens with one attached hydrogen (secondary N) is 1. The molecule has 4 atom stereocenters. The molecule has 7 heteroatoms. The summed E-state index contributed by atoms with van der Waals surface area (Å²) < 4.78 is 10.4. The molecule has 1 aromatic rings. The number of amides is 1. The third-order valence-electron chi connectivity index (χ3n) is 4.77. The molecule has 2 aliphatic rings. The van der Waals surface area contributed by atoms with Gasteiger partial charge >= 0.3 is 0 Å². The summed E-state index contributed by atoms with van der Waals surface area (Å²) >= 11 is 6.05. The summed E-state index contributed by atoms with van der Waals surface area (Å²) in [5.41, 5.74) is 0.382. The fourth-order valence-electron chi connectivity index (χ4n) is 3.68. The number of methoxy groups -OCH3 is 2. The van der Waals surface area contributed by atoms with Crippen molar-refractivity contribution in [1.29, 1.82) is 0 Å². The van der Waals surface area contributed by atoms with E-state index in [1.807, 2.05) is 12.2 Å². The predicted molar refractivity (Wildman–Crippen MR) is 85.9 cm³/mol. The van der Waals surface area contributed by atoms with Crippen molar-refractivity contribution in [2.75, 3.05) is 19.5 Å². The summed E-state index contributed by atoms with van der Waals surface area (Å²) in [6.45, 7) is 0. The molecule has 0 aromatic heterocycles. The van der Waals surface area contributed by atoms with Gasteiger partial charge in [-0.15, -0.1) is 0 Å². The lowest BCUT2D eigenvalue weighted by Crippen LogP contribution is -2.42. The average Bonchev–Trinajstić information content (AvgIpc) is 3.16. The molecule has 3 rings (SSSR count). The van der Waals surface area contributed by atoms with Crippen LogP contribution in [0.25, 0.3) is 0 Å². The van der Waals surface area contributed by atoms with Gasteiger partial charge in [0.05, 0.1) is 30.8 Å². The highest BCUT2D eigenvalue weighted by atomic mass is 35.5. The van der Waals surface area contributed by atoms with E-state index in [-0.39, 0.29) is 17.7 Å². The third kappa shape index (κ3) is 2.71. The average molecular weight is 351 g/mol. The Morgan fingerprint density at radius 2 is 1.75 bits per heavy atom. The first-order valence-electron chi connectivity index (χ1n) is 7.57. The van der Waals surface area contributed by atoms with Crippen LogP contribution >= 0.6 is 11.6 Å². The van der Waals surface area contributed by atoms with Crippen molar-refractivity contribution in [3.05, 3.63) is 29.3 Å². The number of carboxylic acid groups (broad SMARTS) is 1. The van der Waals surface area contributed by atoms with Crippen LogP contribution in [0.3, 0.4) is 0 Å². The van der Waals surface area contributed by atoms with Crippen LogP contribution in [0.4, 0.5) is 5.69 Å². The molecular formula is C17H17ClNO5-. The number of carbonyl (C=O) groups excluding carboxylic acids is 2. The van der Waals surface area contributed by atoms with Gasteiger partial charge < -0.3 is 24.7 Å². The van der Waals surface area contributed by atoms with Crippen molar-refractivity contribution in [3.63, 3.8) is 0 Å². The van der Waals surface area contributed by atoms with E-state index in [0.717, 1.165) is 0 Å². The summed E-state index contributed by atoms with van der Waals surface area (Å²) in [7, 11) is 2.92. The molecule has 1 N–H and O–H groups in total. The second-order valence-electron chi connectivity index (χ2n) is 6.00. The van der Waals surface area contributed by atoms with E-state index in [2.05, 4.69) is 5.32 Å². The lowest BCUT2D eigenvalue weighted by Gasteiger charge is -2.28. The number of carboxylic acids is 1. The minimum atomic E-state index is -1.19. The molecule has 24 heavy (non-hydrogen) atoms. The van der Waals surface area contributed by atoms with Gasteiger partial charge in [0.2, 0.25) is 5.91 Å². The van der Waals surface area contributed by atoms with E-state index in [1.165, 1.54) is 20.3 Å². The maximum atomic E-state index is 12.7. The van der Waals surface area contributed by atoms with Crippen LogP contribution in [-0.2, 0) is 9.59 Å². The maximum absolute atomic E-state index is 12.7. The topological polar surface area (TPSA) is 87.7 Å². The number of hydrogen-bond donors (Lipinski definition) is 1. The SMILES string of the molecule is COc1cc(NC(=O)[C@H]2[C@@H](C(=O)[O-])[C@H]3C=C[C@H]2C3)c(OC)cc1Cl. The van der Waals surface area contributed by atoms with Gasteiger partial charge in [0.15, 0.2) is 0 Å². The molecule has 0 aliphatic heterocycles.